The highest BCUT2D eigenvalue weighted by atomic mass is 32.2. The molecule has 5 atom stereocenters. The fourth-order valence-electron chi connectivity index (χ4n) is 18.0. The number of carbonyl (C=O) groups excluding carboxylic acids is 4. The Morgan fingerprint density at radius 2 is 0.592 bits per heavy atom. The lowest BCUT2D eigenvalue weighted by molar-refractivity contribution is -0.136. The van der Waals surface area contributed by atoms with Gasteiger partial charge in [0.05, 0.1) is 69.8 Å². The fourth-order valence-corrected chi connectivity index (χ4v) is 18.9. The number of ether oxygens (including phenoxy) is 5. The number of likely N-dealkylation sites (tertiary alicyclic amines) is 3. The van der Waals surface area contributed by atoms with Gasteiger partial charge in [-0.2, -0.15) is 0 Å². The van der Waals surface area contributed by atoms with E-state index in [-0.39, 0.29) is 67.8 Å². The maximum Gasteiger partial charge on any atom is 0.225 e. The molecule has 0 spiro atoms. The summed E-state index contributed by atoms with van der Waals surface area (Å²) in [4.78, 5) is 61.4. The molecule has 29 nitrogen and oxygen atoms in total. The van der Waals surface area contributed by atoms with Crippen molar-refractivity contribution >= 4 is 34.7 Å². The first kappa shape index (κ1) is 137. The molecule has 0 bridgehead atoms. The van der Waals surface area contributed by atoms with E-state index in [1.54, 1.807) is 16.1 Å². The lowest BCUT2D eigenvalue weighted by atomic mass is 9.91. The number of piperidine rings is 4. The molecule has 4 amide bonds. The van der Waals surface area contributed by atoms with Crippen molar-refractivity contribution in [2.45, 2.75) is 430 Å². The van der Waals surface area contributed by atoms with Crippen LogP contribution in [-0.4, -0.2) is 401 Å². The van der Waals surface area contributed by atoms with Gasteiger partial charge in [0, 0.05) is 187 Å². The van der Waals surface area contributed by atoms with Gasteiger partial charge in [0.2, 0.25) is 34.7 Å². The molecule has 0 aliphatic carbocycles. The Morgan fingerprint density at radius 3 is 0.894 bits per heavy atom. The van der Waals surface area contributed by atoms with E-state index < -0.39 is 10.0 Å². The largest absolute Gasteiger partial charge is 0.376 e. The standard InChI is InChI=1S/C16H32N2O.C14H28N2O.C13H28N2O2S.C13H26N2O.2C12H26N2O.C11H22N2O2.C11H24N2O.C10H22N2O/c1-13(2)15(19)18-11-8-14(9-12-18)7-6-10-17-16(3,4)5;1-12(17)16-10-7-13(8-11-16)6-5-9-15-14(2,3)4;1-13(2,3)14-9-5-6-12-7-10-15(11-8-12)18(4,16)17;1-13(2,3)14-8-4-5-12-6-9-15(11-16)10-7-12;1-12(2,3)13-7-5-6-11-10-14(4)8-9-15-11;1-5-14-8-9-15-11(10-14)6-7-13-12(2,3)4;1-11(2,3)12-5-4-10-8-13(9-14)6-7-15-10;1-11(2,3)12-6-5-10-9-13(4)7-8-14-10;1-10(2,3)11-7-9-8-12(4)5-6-13-9/h13-14,17H,6-12H2,1-5H3;13,15H,5-11H2,1-4H3;12,14H,5-11H2,1-4H3;11-12,14H,4-10H2,1-3H3;2*11,13H,5-10H2,1-4H3;9-10,12H,4-8H2,1-3H3;10,12H,5-9H2,1-4H3;9,11H,5-8H2,1-4H3. The number of sulfonamides is 1. The Hall–Kier alpha value is -2.93. The molecule has 5 unspecified atom stereocenters. The summed E-state index contributed by atoms with van der Waals surface area (Å²) in [5.74, 6) is 3.88. The summed E-state index contributed by atoms with van der Waals surface area (Å²) in [7, 11) is 3.50. The van der Waals surface area contributed by atoms with Crippen LogP contribution in [0.25, 0.3) is 0 Å². The maximum atomic E-state index is 11.9. The monoisotopic (exact) mass is 2040 g/mol. The number of hydrogen-bond donors (Lipinski definition) is 9. The number of morpholine rings is 5. The normalized spacial score (nSPS) is 21.8. The topological polar surface area (TPSA) is 286 Å². The van der Waals surface area contributed by atoms with Gasteiger partial charge in [-0.1, -0.05) is 20.8 Å². The third-order valence-corrected chi connectivity index (χ3v) is 28.0. The van der Waals surface area contributed by atoms with Crippen molar-refractivity contribution in [1.82, 2.24) is 91.4 Å². The van der Waals surface area contributed by atoms with Crippen LogP contribution >= 0.6 is 0 Å². The van der Waals surface area contributed by atoms with Crippen molar-refractivity contribution in [3.63, 3.8) is 0 Å². The molecule has 142 heavy (non-hydrogen) atoms. The number of nitrogens with one attached hydrogen (secondary N) is 9. The summed E-state index contributed by atoms with van der Waals surface area (Å²) in [6.07, 6.45) is 29.8. The third-order valence-electron chi connectivity index (χ3n) is 26.7. The minimum atomic E-state index is -2.97. The van der Waals surface area contributed by atoms with E-state index in [0.717, 1.165) is 259 Å². The van der Waals surface area contributed by atoms with Crippen molar-refractivity contribution < 1.29 is 51.3 Å². The Labute approximate surface area is 875 Å². The molecule has 0 aromatic carbocycles. The Morgan fingerprint density at radius 1 is 0.324 bits per heavy atom. The molecular formula is C112H234N18O11S. The van der Waals surface area contributed by atoms with Crippen LogP contribution in [0, 0.1) is 29.6 Å². The molecular weight excluding hydrogens is 1810 g/mol. The van der Waals surface area contributed by atoms with Crippen LogP contribution in [0.15, 0.2) is 0 Å². The summed E-state index contributed by atoms with van der Waals surface area (Å²) in [5, 5.41) is 31.4. The van der Waals surface area contributed by atoms with Gasteiger partial charge < -0.3 is 106 Å². The number of likely N-dealkylation sites (N-methyl/N-ethyl adjacent to an activating group) is 4. The van der Waals surface area contributed by atoms with Gasteiger partial charge in [-0.3, -0.25) is 24.1 Å². The zero-order chi connectivity index (χ0) is 108. The van der Waals surface area contributed by atoms with Crippen molar-refractivity contribution in [2.75, 3.05) is 244 Å². The molecule has 9 aliphatic heterocycles. The van der Waals surface area contributed by atoms with Crippen LogP contribution in [0.5, 0.6) is 0 Å². The molecule has 9 N–H and O–H groups in total. The van der Waals surface area contributed by atoms with Crippen molar-refractivity contribution in [1.29, 1.82) is 0 Å². The molecule has 0 aromatic heterocycles. The molecule has 30 heteroatoms. The maximum absolute atomic E-state index is 11.9. The summed E-state index contributed by atoms with van der Waals surface area (Å²) < 4.78 is 52.7. The first-order valence-corrected chi connectivity index (χ1v) is 58.2. The Bertz CT molecular complexity index is 3260. The fraction of sp³-hybridized carbons (Fsp3) is 0.964. The van der Waals surface area contributed by atoms with Crippen molar-refractivity contribution in [3.8, 4) is 0 Å². The number of amides is 4. The summed E-state index contributed by atoms with van der Waals surface area (Å²) in [6.45, 7) is 99.1. The minimum Gasteiger partial charge on any atom is -0.376 e. The van der Waals surface area contributed by atoms with Gasteiger partial charge >= 0.3 is 0 Å². The zero-order valence-electron chi connectivity index (χ0n) is 99.0. The number of rotatable bonds is 36. The Kier molecular flexibility index (Phi) is 69.3. The van der Waals surface area contributed by atoms with Crippen LogP contribution in [0.2, 0.25) is 0 Å². The highest BCUT2D eigenvalue weighted by Crippen LogP contribution is 2.28. The minimum absolute atomic E-state index is 0.146. The lowest BCUT2D eigenvalue weighted by Gasteiger charge is -2.33. The van der Waals surface area contributed by atoms with E-state index in [9.17, 15) is 27.6 Å². The van der Waals surface area contributed by atoms with Gasteiger partial charge in [-0.25, -0.2) is 12.7 Å². The van der Waals surface area contributed by atoms with E-state index >= 15 is 0 Å². The van der Waals surface area contributed by atoms with Crippen LogP contribution in [-0.2, 0) is 52.9 Å². The van der Waals surface area contributed by atoms with Gasteiger partial charge in [0.1, 0.15) is 0 Å². The van der Waals surface area contributed by atoms with Gasteiger partial charge in [0.15, 0.2) is 0 Å². The molecule has 9 fully saturated rings. The SMILES string of the molecule is CC(=O)N1CCC(CCCNC(C)(C)C)CC1.CC(C)(C)NCCC1CN(C=O)CCO1.CC(C)(C)NCCCC1CCN(C=O)CC1.CC(C)(C)NCCCC1CCN(S(C)(=O)=O)CC1.CC(C)C(=O)N1CCC(CCCNC(C)(C)C)CC1.CCN1CCOC(CCNC(C)(C)C)C1.CN1CCOC(CCCNC(C)(C)C)C1.CN1CCOC(CCNC(C)(C)C)C1.CN1CCOC(CNC(C)(C)C)C1. The van der Waals surface area contributed by atoms with Crippen LogP contribution in [0.3, 0.4) is 0 Å². The van der Waals surface area contributed by atoms with Crippen LogP contribution < -0.4 is 47.9 Å². The van der Waals surface area contributed by atoms with Crippen LogP contribution in [0.1, 0.15) is 349 Å². The van der Waals surface area contributed by atoms with Gasteiger partial charge in [-0.15, -0.1) is 0 Å². The average Bonchev–Trinajstić information content (AvgIpc) is 0.854. The van der Waals surface area contributed by atoms with E-state index in [0.29, 0.717) is 55.9 Å². The van der Waals surface area contributed by atoms with E-state index in [1.165, 1.54) is 109 Å². The smallest absolute Gasteiger partial charge is 0.225 e. The molecule has 9 saturated heterocycles. The van der Waals surface area contributed by atoms with E-state index in [1.807, 2.05) is 23.6 Å². The number of carbonyl (C=O) groups is 4. The van der Waals surface area contributed by atoms with Gasteiger partial charge in [0.25, 0.3) is 0 Å². The molecule has 9 heterocycles. The lowest BCUT2D eigenvalue weighted by Crippen LogP contribution is -2.48. The first-order valence-electron chi connectivity index (χ1n) is 56.3. The molecule has 844 valence electrons. The summed E-state index contributed by atoms with van der Waals surface area (Å²) in [6, 6.07) is 0. The first-order chi connectivity index (χ1) is 65.8. The number of nitrogens with zero attached hydrogens (tertiary/aromatic N) is 9. The second-order valence-electron chi connectivity index (χ2n) is 51.9. The highest BCUT2D eigenvalue weighted by molar-refractivity contribution is 7.88. The predicted octanol–water partition coefficient (Wildman–Crippen LogP) is 14.7. The molecule has 0 radical (unpaired) electrons. The summed E-state index contributed by atoms with van der Waals surface area (Å²) >= 11 is 0. The quantitative estimate of drug-likeness (QED) is 0.0208. The van der Waals surface area contributed by atoms with Crippen molar-refractivity contribution in [2.24, 2.45) is 29.6 Å². The van der Waals surface area contributed by atoms with Gasteiger partial charge in [-0.05, 0) is 425 Å². The second kappa shape index (κ2) is 71.8. The molecule has 0 saturated carbocycles. The zero-order valence-corrected chi connectivity index (χ0v) is 99.9. The summed E-state index contributed by atoms with van der Waals surface area (Å²) in [5.41, 5.74) is 1.92. The average molecular weight is 2040 g/mol. The number of hydrogen-bond acceptors (Lipinski definition) is 24. The molecule has 0 aromatic rings. The molecule has 9 rings (SSSR count). The van der Waals surface area contributed by atoms with E-state index in [4.69, 9.17) is 23.7 Å². The highest BCUT2D eigenvalue weighted by Gasteiger charge is 2.31. The third kappa shape index (κ3) is 80.0. The molecule has 9 aliphatic rings. The second-order valence-corrected chi connectivity index (χ2v) is 53.9. The predicted molar refractivity (Wildman–Crippen MR) is 599 cm³/mol. The van der Waals surface area contributed by atoms with E-state index in [2.05, 4.69) is 287 Å². The van der Waals surface area contributed by atoms with Crippen LogP contribution in [0.4, 0.5) is 0 Å². The Balaban J connectivity index is 0.000000800. The van der Waals surface area contributed by atoms with Crippen molar-refractivity contribution in [3.05, 3.63) is 0 Å².